The molecule has 16 heteroatoms. The molecule has 3 atom stereocenters. The van der Waals surface area contributed by atoms with E-state index >= 15 is 0 Å². The third-order valence-electron chi connectivity index (χ3n) is 10.5. The van der Waals surface area contributed by atoms with Crippen LogP contribution in [0.5, 0.6) is 0 Å². The summed E-state index contributed by atoms with van der Waals surface area (Å²) in [5.41, 5.74) is 2.23. The molecule has 15 nitrogen and oxygen atoms in total. The number of hydrogen-bond donors (Lipinski definition) is 5. The average Bonchev–Trinajstić information content (AvgIpc) is 3.56. The van der Waals surface area contributed by atoms with Gasteiger partial charge in [0.05, 0.1) is 52.1 Å². The molecule has 0 saturated carbocycles. The fourth-order valence-electron chi connectivity index (χ4n) is 7.62. The van der Waals surface area contributed by atoms with Crippen molar-refractivity contribution in [3.8, 4) is 0 Å². The zero-order valence-corrected chi connectivity index (χ0v) is 32.8. The Morgan fingerprint density at radius 1 is 0.964 bits per heavy atom. The Hall–Kier alpha value is -4.99. The molecule has 2 fully saturated rings. The van der Waals surface area contributed by atoms with Crippen LogP contribution in [-0.2, 0) is 29.7 Å². The Morgan fingerprint density at radius 3 is 2.42 bits per heavy atom. The molecule has 3 aromatic heterocycles. The SMILES string of the molecule is C[C@@H]1CN(c2ncc(Cl)c(Nc3ccc4c(c3)n(CCC(C)(C)O)c(=O)n4CC(C)(C)O)n2)CC[C@H]1Nc1ccc2c(C3CCC(=O)NC3=O)nn(C)c2c1. The fraction of sp³-hybridized carbons (Fsp3) is 0.487. The predicted molar refractivity (Wildman–Crippen MR) is 213 cm³/mol. The van der Waals surface area contributed by atoms with Gasteiger partial charge in [-0.05, 0) is 89.3 Å². The second-order valence-electron chi connectivity index (χ2n) is 16.3. The van der Waals surface area contributed by atoms with Gasteiger partial charge in [-0.3, -0.25) is 28.7 Å². The van der Waals surface area contributed by atoms with Gasteiger partial charge in [0.1, 0.15) is 5.02 Å². The molecular weight excluding hydrogens is 724 g/mol. The van der Waals surface area contributed by atoms with Gasteiger partial charge >= 0.3 is 5.69 Å². The molecule has 1 unspecified atom stereocenters. The summed E-state index contributed by atoms with van der Waals surface area (Å²) < 4.78 is 4.98. The van der Waals surface area contributed by atoms with E-state index in [-0.39, 0.29) is 36.0 Å². The summed E-state index contributed by atoms with van der Waals surface area (Å²) in [4.78, 5) is 49.4. The maximum Gasteiger partial charge on any atom is 0.329 e. The van der Waals surface area contributed by atoms with E-state index in [4.69, 9.17) is 16.6 Å². The summed E-state index contributed by atoms with van der Waals surface area (Å²) in [6, 6.07) is 11.8. The lowest BCUT2D eigenvalue weighted by atomic mass is 9.92. The van der Waals surface area contributed by atoms with Crippen molar-refractivity contribution in [1.82, 2.24) is 34.2 Å². The van der Waals surface area contributed by atoms with E-state index < -0.39 is 17.1 Å². The van der Waals surface area contributed by atoms with Gasteiger partial charge in [-0.25, -0.2) is 9.78 Å². The lowest BCUT2D eigenvalue weighted by Crippen LogP contribution is -2.46. The average molecular weight is 773 g/mol. The summed E-state index contributed by atoms with van der Waals surface area (Å²) >= 11 is 6.62. The minimum Gasteiger partial charge on any atom is -0.390 e. The molecule has 2 amide bonds. The molecule has 0 bridgehead atoms. The van der Waals surface area contributed by atoms with Gasteiger partial charge < -0.3 is 25.7 Å². The summed E-state index contributed by atoms with van der Waals surface area (Å²) in [7, 11) is 1.87. The maximum absolute atomic E-state index is 13.6. The van der Waals surface area contributed by atoms with Crippen LogP contribution in [-0.4, -0.2) is 81.2 Å². The van der Waals surface area contributed by atoms with Crippen LogP contribution in [0.4, 0.5) is 23.1 Å². The summed E-state index contributed by atoms with van der Waals surface area (Å²) in [6.45, 7) is 10.8. The Bertz CT molecular complexity index is 2340. The van der Waals surface area contributed by atoms with Gasteiger partial charge in [0, 0.05) is 55.9 Å². The number of anilines is 4. The number of aliphatic hydroxyl groups is 2. The van der Waals surface area contributed by atoms with Crippen molar-refractivity contribution in [2.75, 3.05) is 28.6 Å². The number of imidazole rings is 1. The second kappa shape index (κ2) is 14.6. The van der Waals surface area contributed by atoms with E-state index in [9.17, 15) is 24.6 Å². The van der Waals surface area contributed by atoms with Crippen molar-refractivity contribution in [3.05, 3.63) is 63.8 Å². The quantitative estimate of drug-likeness (QED) is 0.118. The van der Waals surface area contributed by atoms with E-state index in [1.54, 1.807) is 47.7 Å². The van der Waals surface area contributed by atoms with E-state index in [1.807, 2.05) is 37.4 Å². The molecule has 5 heterocycles. The molecule has 2 aliphatic rings. The highest BCUT2D eigenvalue weighted by molar-refractivity contribution is 6.33. The Morgan fingerprint density at radius 2 is 1.71 bits per heavy atom. The van der Waals surface area contributed by atoms with Gasteiger partial charge in [0.2, 0.25) is 17.8 Å². The highest BCUT2D eigenvalue weighted by Gasteiger charge is 2.32. The Balaban J connectivity index is 1.06. The highest BCUT2D eigenvalue weighted by atomic mass is 35.5. The van der Waals surface area contributed by atoms with Crippen LogP contribution in [0, 0.1) is 5.92 Å². The Labute approximate surface area is 323 Å². The number of fused-ring (bicyclic) bond motifs is 2. The first-order valence-corrected chi connectivity index (χ1v) is 19.1. The zero-order chi connectivity index (χ0) is 39.4. The normalized spacial score (nSPS) is 19.7. The number of piperidine rings is 2. The first-order valence-electron chi connectivity index (χ1n) is 18.7. The minimum atomic E-state index is -1.11. The van der Waals surface area contributed by atoms with Crippen LogP contribution in [0.15, 0.2) is 47.4 Å². The smallest absolute Gasteiger partial charge is 0.329 e. The van der Waals surface area contributed by atoms with E-state index in [0.717, 1.165) is 23.0 Å². The third-order valence-corrected chi connectivity index (χ3v) is 10.8. The number of aryl methyl sites for hydroxylation is 2. The molecule has 0 spiro atoms. The van der Waals surface area contributed by atoms with E-state index in [1.165, 1.54) is 0 Å². The molecule has 292 valence electrons. The van der Waals surface area contributed by atoms with Crippen molar-refractivity contribution in [1.29, 1.82) is 0 Å². The standard InChI is InChI=1S/C39H49ClN10O5/c1-22-20-48(15-13-28(22)42-23-7-9-25-30(17-23)47(6)46-33(25)26-10-12-32(51)44-35(26)52)36-41-19-27(40)34(45-36)43-24-8-11-29-31(18-24)49(16-14-38(2,3)54)37(53)50(29)21-39(4,5)55/h7-9,11,17-19,22,26,28,42,54-55H,10,12-16,20-21H2,1-6H3,(H,41,43,45)(H,44,51,52)/t22-,26?,28-/m1/s1. The fourth-order valence-corrected chi connectivity index (χ4v) is 7.75. The second-order valence-corrected chi connectivity index (χ2v) is 16.7. The molecule has 7 rings (SSSR count). The number of halogens is 1. The number of nitrogens with one attached hydrogen (secondary N) is 3. The maximum atomic E-state index is 13.6. The van der Waals surface area contributed by atoms with Crippen LogP contribution >= 0.6 is 11.6 Å². The molecule has 2 saturated heterocycles. The first kappa shape index (κ1) is 38.3. The van der Waals surface area contributed by atoms with Crippen molar-refractivity contribution in [2.45, 2.75) is 96.6 Å². The number of benzene rings is 2. The van der Waals surface area contributed by atoms with Gasteiger partial charge in [-0.1, -0.05) is 18.5 Å². The van der Waals surface area contributed by atoms with Crippen LogP contribution in [0.1, 0.15) is 71.9 Å². The lowest BCUT2D eigenvalue weighted by molar-refractivity contribution is -0.134. The van der Waals surface area contributed by atoms with Crippen molar-refractivity contribution < 1.29 is 19.8 Å². The van der Waals surface area contributed by atoms with Gasteiger partial charge in [0.15, 0.2) is 5.82 Å². The number of carbonyl (C=O) groups is 2. The number of nitrogens with zero attached hydrogens (tertiary/aromatic N) is 7. The first-order chi connectivity index (χ1) is 25.9. The molecule has 5 aromatic rings. The highest BCUT2D eigenvalue weighted by Crippen LogP contribution is 2.33. The number of hydrogen-bond acceptors (Lipinski definition) is 11. The molecule has 55 heavy (non-hydrogen) atoms. The zero-order valence-electron chi connectivity index (χ0n) is 32.1. The van der Waals surface area contributed by atoms with Crippen LogP contribution in [0.25, 0.3) is 21.9 Å². The largest absolute Gasteiger partial charge is 0.390 e. The van der Waals surface area contributed by atoms with E-state index in [0.29, 0.717) is 78.1 Å². The molecule has 5 N–H and O–H groups in total. The number of carbonyl (C=O) groups excluding carboxylic acids is 2. The summed E-state index contributed by atoms with van der Waals surface area (Å²) in [6.07, 6.45) is 3.54. The molecular formula is C39H49ClN10O5. The third kappa shape index (κ3) is 8.19. The minimum absolute atomic E-state index is 0.114. The van der Waals surface area contributed by atoms with Gasteiger partial charge in [-0.2, -0.15) is 10.1 Å². The number of rotatable bonds is 11. The molecule has 0 radical (unpaired) electrons. The van der Waals surface area contributed by atoms with Crippen LogP contribution in [0.3, 0.4) is 0 Å². The van der Waals surface area contributed by atoms with Crippen LogP contribution < -0.4 is 26.5 Å². The number of imide groups is 1. The van der Waals surface area contributed by atoms with Crippen LogP contribution in [0.2, 0.25) is 5.02 Å². The summed E-state index contributed by atoms with van der Waals surface area (Å²) in [5.74, 6) is 0.226. The number of aromatic nitrogens is 6. The van der Waals surface area contributed by atoms with Crippen molar-refractivity contribution >= 4 is 68.5 Å². The summed E-state index contributed by atoms with van der Waals surface area (Å²) in [5, 5.41) is 36.4. The lowest BCUT2D eigenvalue weighted by Gasteiger charge is -2.37. The van der Waals surface area contributed by atoms with Gasteiger partial charge in [-0.15, -0.1) is 0 Å². The molecule has 2 aromatic carbocycles. The molecule has 2 aliphatic heterocycles. The molecule has 0 aliphatic carbocycles. The predicted octanol–water partition coefficient (Wildman–Crippen LogP) is 4.66. The Kier molecular flexibility index (Phi) is 10.2. The van der Waals surface area contributed by atoms with Crippen molar-refractivity contribution in [3.63, 3.8) is 0 Å². The van der Waals surface area contributed by atoms with E-state index in [2.05, 4.69) is 43.9 Å². The number of amides is 2. The monoisotopic (exact) mass is 772 g/mol. The van der Waals surface area contributed by atoms with Gasteiger partial charge in [0.25, 0.3) is 0 Å². The topological polar surface area (TPSA) is 184 Å². The van der Waals surface area contributed by atoms with Crippen molar-refractivity contribution in [2.24, 2.45) is 13.0 Å².